The zero-order chi connectivity index (χ0) is 15.0. The highest BCUT2D eigenvalue weighted by Crippen LogP contribution is 2.34. The van der Waals surface area contributed by atoms with Crippen molar-refractivity contribution in [2.24, 2.45) is 5.92 Å². The molecule has 20 heavy (non-hydrogen) atoms. The van der Waals surface area contributed by atoms with Crippen LogP contribution in [0.2, 0.25) is 5.02 Å². The third-order valence-electron chi connectivity index (χ3n) is 2.72. The summed E-state index contributed by atoms with van der Waals surface area (Å²) < 4.78 is 11.2. The molecule has 1 rings (SSSR count). The van der Waals surface area contributed by atoms with E-state index >= 15 is 0 Å². The van der Waals surface area contributed by atoms with Crippen molar-refractivity contribution in [2.45, 2.75) is 20.4 Å². The standard InChI is InChI=1S/C15H24ClNO2S/c1-11(2)9-17-10-12-7-13(16)8-14(18-3)15(12)19-5-6-20-4/h7-8,11,17H,5-6,9-10H2,1-4H3. The fourth-order valence-electron chi connectivity index (χ4n) is 1.79. The molecule has 114 valence electrons. The number of halogens is 1. The van der Waals surface area contributed by atoms with Gasteiger partial charge >= 0.3 is 0 Å². The molecule has 1 aromatic rings. The number of hydrogen-bond acceptors (Lipinski definition) is 4. The Bertz CT molecular complexity index is 413. The first-order chi connectivity index (χ1) is 9.58. The van der Waals surface area contributed by atoms with Crippen molar-refractivity contribution in [1.82, 2.24) is 5.32 Å². The summed E-state index contributed by atoms with van der Waals surface area (Å²) in [6.45, 7) is 6.71. The summed E-state index contributed by atoms with van der Waals surface area (Å²) in [5.41, 5.74) is 1.04. The van der Waals surface area contributed by atoms with Crippen molar-refractivity contribution in [2.75, 3.05) is 32.3 Å². The van der Waals surface area contributed by atoms with Crippen molar-refractivity contribution in [3.8, 4) is 11.5 Å². The molecule has 0 bridgehead atoms. The first-order valence-electron chi connectivity index (χ1n) is 6.77. The lowest BCUT2D eigenvalue weighted by atomic mass is 10.1. The highest BCUT2D eigenvalue weighted by atomic mass is 35.5. The van der Waals surface area contributed by atoms with Crippen molar-refractivity contribution in [3.63, 3.8) is 0 Å². The zero-order valence-electron chi connectivity index (χ0n) is 12.7. The van der Waals surface area contributed by atoms with Gasteiger partial charge in [0.15, 0.2) is 11.5 Å². The van der Waals surface area contributed by atoms with Gasteiger partial charge in [-0.15, -0.1) is 0 Å². The molecule has 0 amide bonds. The van der Waals surface area contributed by atoms with Crippen molar-refractivity contribution in [1.29, 1.82) is 0 Å². The Morgan fingerprint density at radius 2 is 2.10 bits per heavy atom. The van der Waals surface area contributed by atoms with Gasteiger partial charge < -0.3 is 14.8 Å². The predicted molar refractivity (Wildman–Crippen MR) is 88.4 cm³/mol. The van der Waals surface area contributed by atoms with Gasteiger partial charge in [-0.2, -0.15) is 11.8 Å². The number of benzene rings is 1. The second-order valence-corrected chi connectivity index (χ2v) is 6.38. The van der Waals surface area contributed by atoms with Gasteiger partial charge in [0.1, 0.15) is 0 Å². The third-order valence-corrected chi connectivity index (χ3v) is 3.51. The summed E-state index contributed by atoms with van der Waals surface area (Å²) in [5, 5.41) is 4.08. The van der Waals surface area contributed by atoms with Gasteiger partial charge in [0.05, 0.1) is 13.7 Å². The Hall–Kier alpha value is -0.580. The first-order valence-corrected chi connectivity index (χ1v) is 8.54. The molecule has 0 atom stereocenters. The maximum atomic E-state index is 6.14. The average Bonchev–Trinajstić information content (AvgIpc) is 2.40. The molecule has 0 spiro atoms. The molecule has 0 fully saturated rings. The smallest absolute Gasteiger partial charge is 0.165 e. The molecular formula is C15H24ClNO2S. The molecule has 0 unspecified atom stereocenters. The van der Waals surface area contributed by atoms with Gasteiger partial charge in [0, 0.05) is 29.0 Å². The fraction of sp³-hybridized carbons (Fsp3) is 0.600. The SMILES string of the molecule is COc1cc(Cl)cc(CNCC(C)C)c1OCCSC. The van der Waals surface area contributed by atoms with Gasteiger partial charge in [-0.05, 0) is 24.8 Å². The van der Waals surface area contributed by atoms with E-state index in [2.05, 4.69) is 25.4 Å². The van der Waals surface area contributed by atoms with Crippen LogP contribution >= 0.6 is 23.4 Å². The maximum absolute atomic E-state index is 6.14. The van der Waals surface area contributed by atoms with Gasteiger partial charge in [-0.3, -0.25) is 0 Å². The highest BCUT2D eigenvalue weighted by molar-refractivity contribution is 7.98. The predicted octanol–water partition coefficient (Wildman–Crippen LogP) is 3.84. The Balaban J connectivity index is 2.84. The Labute approximate surface area is 131 Å². The van der Waals surface area contributed by atoms with Gasteiger partial charge in [0.2, 0.25) is 0 Å². The fourth-order valence-corrected chi connectivity index (χ4v) is 2.27. The van der Waals surface area contributed by atoms with E-state index < -0.39 is 0 Å². The second-order valence-electron chi connectivity index (χ2n) is 4.96. The number of methoxy groups -OCH3 is 1. The zero-order valence-corrected chi connectivity index (χ0v) is 14.2. The summed E-state index contributed by atoms with van der Waals surface area (Å²) in [6.07, 6.45) is 2.06. The van der Waals surface area contributed by atoms with E-state index in [1.165, 1.54) is 0 Å². The Morgan fingerprint density at radius 1 is 1.35 bits per heavy atom. The topological polar surface area (TPSA) is 30.5 Å². The highest BCUT2D eigenvalue weighted by Gasteiger charge is 2.13. The Kier molecular flexibility index (Phi) is 8.19. The summed E-state index contributed by atoms with van der Waals surface area (Å²) in [7, 11) is 1.64. The largest absolute Gasteiger partial charge is 0.493 e. The summed E-state index contributed by atoms with van der Waals surface area (Å²) in [5.74, 6) is 3.05. The number of hydrogen-bond donors (Lipinski definition) is 1. The van der Waals surface area contributed by atoms with Crippen molar-refractivity contribution >= 4 is 23.4 Å². The van der Waals surface area contributed by atoms with Crippen LogP contribution in [0.1, 0.15) is 19.4 Å². The third kappa shape index (κ3) is 5.81. The number of nitrogens with one attached hydrogen (secondary N) is 1. The summed E-state index contributed by atoms with van der Waals surface area (Å²) >= 11 is 7.89. The summed E-state index contributed by atoms with van der Waals surface area (Å²) in [4.78, 5) is 0. The molecule has 1 N–H and O–H groups in total. The van der Waals surface area contributed by atoms with Crippen LogP contribution in [0.5, 0.6) is 11.5 Å². The van der Waals surface area contributed by atoms with Crippen LogP contribution in [0, 0.1) is 5.92 Å². The van der Waals surface area contributed by atoms with Crippen LogP contribution in [-0.2, 0) is 6.54 Å². The van der Waals surface area contributed by atoms with Crippen molar-refractivity contribution in [3.05, 3.63) is 22.7 Å². The van der Waals surface area contributed by atoms with Gasteiger partial charge in [-0.25, -0.2) is 0 Å². The maximum Gasteiger partial charge on any atom is 0.165 e. The molecule has 0 aliphatic carbocycles. The molecule has 5 heteroatoms. The van der Waals surface area contributed by atoms with E-state index in [0.29, 0.717) is 23.3 Å². The van der Waals surface area contributed by atoms with Crippen LogP contribution in [0.15, 0.2) is 12.1 Å². The van der Waals surface area contributed by atoms with E-state index in [4.69, 9.17) is 21.1 Å². The quantitative estimate of drug-likeness (QED) is 0.701. The number of ether oxygens (including phenoxy) is 2. The second kappa shape index (κ2) is 9.37. The van der Waals surface area contributed by atoms with Crippen LogP contribution in [0.4, 0.5) is 0 Å². The average molecular weight is 318 g/mol. The lowest BCUT2D eigenvalue weighted by Crippen LogP contribution is -2.19. The van der Waals surface area contributed by atoms with Crippen LogP contribution in [0.25, 0.3) is 0 Å². The monoisotopic (exact) mass is 317 g/mol. The molecule has 0 saturated heterocycles. The van der Waals surface area contributed by atoms with E-state index in [0.717, 1.165) is 30.2 Å². The lowest BCUT2D eigenvalue weighted by molar-refractivity contribution is 0.309. The molecule has 3 nitrogen and oxygen atoms in total. The molecular weight excluding hydrogens is 294 g/mol. The van der Waals surface area contributed by atoms with Crippen LogP contribution < -0.4 is 14.8 Å². The molecule has 0 aliphatic heterocycles. The van der Waals surface area contributed by atoms with E-state index in [1.54, 1.807) is 24.9 Å². The molecule has 0 aromatic heterocycles. The molecule has 0 heterocycles. The molecule has 0 aliphatic rings. The van der Waals surface area contributed by atoms with E-state index in [-0.39, 0.29) is 0 Å². The Morgan fingerprint density at radius 3 is 2.70 bits per heavy atom. The number of rotatable bonds is 9. The van der Waals surface area contributed by atoms with Crippen LogP contribution in [0.3, 0.4) is 0 Å². The summed E-state index contributed by atoms with van der Waals surface area (Å²) in [6, 6.07) is 3.73. The van der Waals surface area contributed by atoms with E-state index in [1.807, 2.05) is 6.07 Å². The normalized spacial score (nSPS) is 10.9. The minimum atomic E-state index is 0.608. The molecule has 1 aromatic carbocycles. The molecule has 0 saturated carbocycles. The van der Waals surface area contributed by atoms with Crippen molar-refractivity contribution < 1.29 is 9.47 Å². The minimum absolute atomic E-state index is 0.608. The number of thioether (sulfide) groups is 1. The van der Waals surface area contributed by atoms with Crippen LogP contribution in [-0.4, -0.2) is 32.3 Å². The lowest BCUT2D eigenvalue weighted by Gasteiger charge is -2.16. The molecule has 0 radical (unpaired) electrons. The van der Waals surface area contributed by atoms with Gasteiger partial charge in [-0.1, -0.05) is 25.4 Å². The minimum Gasteiger partial charge on any atom is -0.493 e. The van der Waals surface area contributed by atoms with E-state index in [9.17, 15) is 0 Å². The first kappa shape index (κ1) is 17.5. The van der Waals surface area contributed by atoms with Gasteiger partial charge in [0.25, 0.3) is 0 Å².